The zero-order chi connectivity index (χ0) is 15.6. The number of hydrogen-bond acceptors (Lipinski definition) is 4. The van der Waals surface area contributed by atoms with E-state index in [0.717, 1.165) is 36.4 Å². The maximum atomic E-state index is 12.9. The summed E-state index contributed by atoms with van der Waals surface area (Å²) in [5.74, 6) is 0.544. The third-order valence-corrected chi connectivity index (χ3v) is 5.62. The van der Waals surface area contributed by atoms with Crippen molar-refractivity contribution in [1.29, 1.82) is 0 Å². The molecule has 2 aromatic rings. The Bertz CT molecular complexity index is 637. The Hall–Kier alpha value is -1.89. The van der Waals surface area contributed by atoms with Crippen LogP contribution in [0.15, 0.2) is 24.0 Å². The predicted molar refractivity (Wildman–Crippen MR) is 88.0 cm³/mol. The predicted octanol–water partition coefficient (Wildman–Crippen LogP) is 3.25. The van der Waals surface area contributed by atoms with Gasteiger partial charge in [0.05, 0.1) is 18.3 Å². The molecule has 2 fully saturated rings. The van der Waals surface area contributed by atoms with Crippen molar-refractivity contribution in [3.05, 3.63) is 34.5 Å². The average molecular weight is 331 g/mol. The van der Waals surface area contributed by atoms with Crippen LogP contribution >= 0.6 is 11.3 Å². The lowest BCUT2D eigenvalue weighted by atomic mass is 9.98. The number of carbonyl (C=O) groups excluding carboxylic acids is 1. The average Bonchev–Trinajstić information content (AvgIpc) is 3.06. The Kier molecular flexibility index (Phi) is 4.03. The number of aromatic nitrogens is 3. The summed E-state index contributed by atoms with van der Waals surface area (Å²) in [6, 6.07) is 0.219. The Morgan fingerprint density at radius 2 is 2.30 bits per heavy atom. The van der Waals surface area contributed by atoms with Gasteiger partial charge < -0.3 is 10.2 Å². The van der Waals surface area contributed by atoms with Gasteiger partial charge in [-0.15, -0.1) is 11.3 Å². The minimum atomic E-state index is 0.0306. The highest BCUT2D eigenvalue weighted by molar-refractivity contribution is 7.09. The molecule has 2 atom stereocenters. The molecule has 1 aliphatic carbocycles. The van der Waals surface area contributed by atoms with Gasteiger partial charge >= 0.3 is 6.03 Å². The summed E-state index contributed by atoms with van der Waals surface area (Å²) >= 11 is 1.63. The van der Waals surface area contributed by atoms with E-state index in [-0.39, 0.29) is 18.1 Å². The van der Waals surface area contributed by atoms with E-state index in [9.17, 15) is 4.79 Å². The van der Waals surface area contributed by atoms with Gasteiger partial charge in [-0.3, -0.25) is 5.10 Å². The number of thiazole rings is 1. The number of piperidine rings is 1. The molecule has 0 radical (unpaired) electrons. The molecule has 2 aliphatic rings. The van der Waals surface area contributed by atoms with Gasteiger partial charge in [-0.1, -0.05) is 0 Å². The van der Waals surface area contributed by atoms with E-state index in [1.165, 1.54) is 12.8 Å². The SMILES string of the molecule is O=C(N[C@H](c1nccs1)C1CC1)N1CCCC[C@@H]1c1cn[nH]c1. The second kappa shape index (κ2) is 6.31. The molecule has 1 saturated heterocycles. The third-order valence-electron chi connectivity index (χ3n) is 4.76. The number of urea groups is 1. The number of H-pyrrole nitrogens is 1. The first-order valence-corrected chi connectivity index (χ1v) is 9.16. The molecule has 0 spiro atoms. The molecule has 0 unspecified atom stereocenters. The summed E-state index contributed by atoms with van der Waals surface area (Å²) in [5, 5.41) is 13.2. The van der Waals surface area contributed by atoms with Crippen LogP contribution in [0.25, 0.3) is 0 Å². The van der Waals surface area contributed by atoms with Crippen LogP contribution in [0, 0.1) is 5.92 Å². The lowest BCUT2D eigenvalue weighted by molar-refractivity contribution is 0.147. The van der Waals surface area contributed by atoms with Crippen molar-refractivity contribution in [2.24, 2.45) is 5.92 Å². The van der Waals surface area contributed by atoms with Crippen molar-refractivity contribution in [2.75, 3.05) is 6.54 Å². The van der Waals surface area contributed by atoms with Crippen LogP contribution in [-0.4, -0.2) is 32.7 Å². The number of likely N-dealkylation sites (tertiary alicyclic amines) is 1. The quantitative estimate of drug-likeness (QED) is 0.903. The number of nitrogens with zero attached hydrogens (tertiary/aromatic N) is 3. The van der Waals surface area contributed by atoms with E-state index in [1.807, 2.05) is 28.9 Å². The van der Waals surface area contributed by atoms with Crippen LogP contribution in [0.4, 0.5) is 4.79 Å². The highest BCUT2D eigenvalue weighted by Gasteiger charge is 2.37. The summed E-state index contributed by atoms with van der Waals surface area (Å²) in [4.78, 5) is 19.3. The second-order valence-electron chi connectivity index (χ2n) is 6.37. The number of hydrogen-bond donors (Lipinski definition) is 2. The first-order valence-electron chi connectivity index (χ1n) is 8.28. The maximum Gasteiger partial charge on any atom is 0.318 e. The molecule has 1 aliphatic heterocycles. The van der Waals surface area contributed by atoms with Gasteiger partial charge in [0.15, 0.2) is 0 Å². The van der Waals surface area contributed by atoms with Crippen molar-refractivity contribution in [2.45, 2.75) is 44.2 Å². The molecular formula is C16H21N5OS. The minimum Gasteiger partial charge on any atom is -0.328 e. The fraction of sp³-hybridized carbons (Fsp3) is 0.562. The van der Waals surface area contributed by atoms with Gasteiger partial charge in [-0.05, 0) is 38.0 Å². The lowest BCUT2D eigenvalue weighted by Crippen LogP contribution is -2.46. The topological polar surface area (TPSA) is 73.9 Å². The summed E-state index contributed by atoms with van der Waals surface area (Å²) in [6.45, 7) is 0.803. The van der Waals surface area contributed by atoms with E-state index in [4.69, 9.17) is 0 Å². The van der Waals surface area contributed by atoms with E-state index in [0.29, 0.717) is 5.92 Å². The number of nitrogens with one attached hydrogen (secondary N) is 2. The van der Waals surface area contributed by atoms with E-state index < -0.39 is 0 Å². The second-order valence-corrected chi connectivity index (χ2v) is 7.30. The van der Waals surface area contributed by atoms with E-state index in [2.05, 4.69) is 20.5 Å². The highest BCUT2D eigenvalue weighted by Crippen LogP contribution is 2.42. The normalized spacial score (nSPS) is 22.8. The van der Waals surface area contributed by atoms with Crippen molar-refractivity contribution >= 4 is 17.4 Å². The van der Waals surface area contributed by atoms with Gasteiger partial charge in [0.2, 0.25) is 0 Å². The van der Waals surface area contributed by atoms with Crippen LogP contribution in [0.5, 0.6) is 0 Å². The Balaban J connectivity index is 1.50. The van der Waals surface area contributed by atoms with Crippen molar-refractivity contribution in [1.82, 2.24) is 25.4 Å². The fourth-order valence-corrected chi connectivity index (χ4v) is 4.16. The summed E-state index contributed by atoms with van der Waals surface area (Å²) in [5.41, 5.74) is 1.09. The fourth-order valence-electron chi connectivity index (χ4n) is 3.38. The molecule has 2 amide bonds. The molecule has 6 nitrogen and oxygen atoms in total. The number of aromatic amines is 1. The van der Waals surface area contributed by atoms with Crippen molar-refractivity contribution in [3.63, 3.8) is 0 Å². The molecule has 1 saturated carbocycles. The first kappa shape index (κ1) is 14.7. The lowest BCUT2D eigenvalue weighted by Gasteiger charge is -2.36. The van der Waals surface area contributed by atoms with E-state index in [1.54, 1.807) is 11.3 Å². The molecule has 2 N–H and O–H groups in total. The largest absolute Gasteiger partial charge is 0.328 e. The van der Waals surface area contributed by atoms with Crippen LogP contribution in [-0.2, 0) is 0 Å². The highest BCUT2D eigenvalue weighted by atomic mass is 32.1. The number of rotatable bonds is 4. The molecule has 122 valence electrons. The standard InChI is InChI=1S/C16H21N5OS/c22-16(20-14(11-4-5-11)15-17-6-8-23-15)21-7-2-1-3-13(21)12-9-18-19-10-12/h6,8-11,13-14H,1-5,7H2,(H,18,19)(H,20,22)/t13-,14+/m1/s1. The minimum absolute atomic E-state index is 0.0306. The molecule has 4 rings (SSSR count). The summed E-state index contributed by atoms with van der Waals surface area (Å²) in [6.07, 6.45) is 11.1. The third kappa shape index (κ3) is 3.10. The number of carbonyl (C=O) groups is 1. The van der Waals surface area contributed by atoms with Gasteiger partial charge in [-0.2, -0.15) is 5.10 Å². The summed E-state index contributed by atoms with van der Waals surface area (Å²) in [7, 11) is 0. The summed E-state index contributed by atoms with van der Waals surface area (Å²) < 4.78 is 0. The van der Waals surface area contributed by atoms with Crippen LogP contribution in [0.3, 0.4) is 0 Å². The number of amides is 2. The Morgan fingerprint density at radius 1 is 1.39 bits per heavy atom. The van der Waals surface area contributed by atoms with Gasteiger partial charge in [0, 0.05) is 29.9 Å². The van der Waals surface area contributed by atoms with E-state index >= 15 is 0 Å². The van der Waals surface area contributed by atoms with Gasteiger partial charge in [0.1, 0.15) is 5.01 Å². The monoisotopic (exact) mass is 331 g/mol. The van der Waals surface area contributed by atoms with Crippen molar-refractivity contribution < 1.29 is 4.79 Å². The van der Waals surface area contributed by atoms with Crippen LogP contribution in [0.1, 0.15) is 54.8 Å². The zero-order valence-electron chi connectivity index (χ0n) is 12.9. The molecule has 7 heteroatoms. The zero-order valence-corrected chi connectivity index (χ0v) is 13.8. The van der Waals surface area contributed by atoms with Crippen LogP contribution in [0.2, 0.25) is 0 Å². The molecular weight excluding hydrogens is 310 g/mol. The van der Waals surface area contributed by atoms with Crippen LogP contribution < -0.4 is 5.32 Å². The Labute approximate surface area is 139 Å². The maximum absolute atomic E-state index is 12.9. The molecule has 3 heterocycles. The molecule has 2 aromatic heterocycles. The molecule has 23 heavy (non-hydrogen) atoms. The smallest absolute Gasteiger partial charge is 0.318 e. The van der Waals surface area contributed by atoms with Gasteiger partial charge in [-0.25, -0.2) is 9.78 Å². The first-order chi connectivity index (χ1) is 11.3. The van der Waals surface area contributed by atoms with Gasteiger partial charge in [0.25, 0.3) is 0 Å². The molecule has 0 aromatic carbocycles. The van der Waals surface area contributed by atoms with Crippen molar-refractivity contribution in [3.8, 4) is 0 Å². The molecule has 0 bridgehead atoms. The Morgan fingerprint density at radius 3 is 3.00 bits per heavy atom.